The van der Waals surface area contributed by atoms with Crippen molar-refractivity contribution >= 4 is 51.7 Å². The lowest BCUT2D eigenvalue weighted by Crippen LogP contribution is -2.26. The summed E-state index contributed by atoms with van der Waals surface area (Å²) in [5.74, 6) is 1.52. The lowest BCUT2D eigenvalue weighted by atomic mass is 9.73. The first-order valence-electron chi connectivity index (χ1n) is 14.6. The van der Waals surface area contributed by atoms with Crippen LogP contribution in [0.25, 0.3) is 33.6 Å². The number of rotatable bonds is 3. The number of hydrogen-bond acceptors (Lipinski definition) is 1. The Morgan fingerprint density at radius 2 is 1.24 bits per heavy atom. The highest BCUT2D eigenvalue weighted by Gasteiger charge is 2.39. The molecule has 198 valence electrons. The van der Waals surface area contributed by atoms with Gasteiger partial charge in [-0.3, -0.25) is 4.57 Å². The van der Waals surface area contributed by atoms with E-state index >= 15 is 0 Å². The summed E-state index contributed by atoms with van der Waals surface area (Å²) in [5.41, 5.74) is 7.51. The summed E-state index contributed by atoms with van der Waals surface area (Å²) in [7, 11) is -0.666. The second-order valence-corrected chi connectivity index (χ2v) is 13.5. The Balaban J connectivity index is 1.26. The summed E-state index contributed by atoms with van der Waals surface area (Å²) >= 11 is 0. The van der Waals surface area contributed by atoms with Gasteiger partial charge in [-0.1, -0.05) is 121 Å². The van der Waals surface area contributed by atoms with E-state index in [0.29, 0.717) is 0 Å². The van der Waals surface area contributed by atoms with Gasteiger partial charge >= 0.3 is 0 Å². The van der Waals surface area contributed by atoms with Crippen LogP contribution in [0.15, 0.2) is 146 Å². The summed E-state index contributed by atoms with van der Waals surface area (Å²) in [5, 5.41) is 6.67. The van der Waals surface area contributed by atoms with Crippen molar-refractivity contribution < 1.29 is 0 Å². The normalized spacial score (nSPS) is 16.7. The van der Waals surface area contributed by atoms with Gasteiger partial charge in [-0.05, 0) is 81.6 Å². The average Bonchev–Trinajstić information content (AvgIpc) is 3.45. The lowest BCUT2D eigenvalue weighted by molar-refractivity contribution is 0.624. The minimum Gasteiger partial charge on any atom is -0.295 e. The van der Waals surface area contributed by atoms with Crippen LogP contribution in [0.3, 0.4) is 0 Å². The monoisotopic (exact) mass is 554 g/mol. The molecule has 42 heavy (non-hydrogen) atoms. The van der Waals surface area contributed by atoms with E-state index in [1.54, 1.807) is 0 Å². The molecule has 9 rings (SSSR count). The maximum absolute atomic E-state index is 5.30. The first kappa shape index (κ1) is 23.9. The molecule has 2 atom stereocenters. The highest BCUT2D eigenvalue weighted by Crippen LogP contribution is 2.51. The van der Waals surface area contributed by atoms with E-state index in [1.807, 2.05) is 0 Å². The number of para-hydroxylation sites is 2. The van der Waals surface area contributed by atoms with Crippen LogP contribution in [0, 0.1) is 0 Å². The fraction of sp³-hybridized carbons (Fsp3) is 0.0513. The maximum atomic E-state index is 5.30. The zero-order valence-corrected chi connectivity index (χ0v) is 23.8. The molecule has 6 aromatic carbocycles. The lowest BCUT2D eigenvalue weighted by Gasteiger charge is -2.36. The highest BCUT2D eigenvalue weighted by atomic mass is 31.1. The second-order valence-electron chi connectivity index (χ2n) is 11.2. The van der Waals surface area contributed by atoms with Crippen LogP contribution in [0.1, 0.15) is 34.4 Å². The Labute approximate surface area is 246 Å². The van der Waals surface area contributed by atoms with Gasteiger partial charge < -0.3 is 0 Å². The van der Waals surface area contributed by atoms with Crippen LogP contribution >= 0.6 is 7.92 Å². The molecule has 7 aromatic rings. The number of imidazole rings is 1. The van der Waals surface area contributed by atoms with Gasteiger partial charge in [0.15, 0.2) is 0 Å². The van der Waals surface area contributed by atoms with Crippen LogP contribution in [0.4, 0.5) is 0 Å². The van der Waals surface area contributed by atoms with Crippen molar-refractivity contribution in [3.05, 3.63) is 168 Å². The van der Waals surface area contributed by atoms with Crippen LogP contribution in [0.5, 0.6) is 0 Å². The molecule has 2 nitrogen and oxygen atoms in total. The maximum Gasteiger partial charge on any atom is 0.123 e. The van der Waals surface area contributed by atoms with Crippen molar-refractivity contribution in [2.75, 3.05) is 0 Å². The first-order valence-corrected chi connectivity index (χ1v) is 15.9. The predicted molar refractivity (Wildman–Crippen MR) is 177 cm³/mol. The zero-order chi connectivity index (χ0) is 27.6. The SMILES string of the molecule is C1=CC2c3cc4ccccc4cc3-n3c(nc4ccccc43)C2c2ccc(P(c3ccccc3)c3ccccc3)cc21. The molecule has 0 spiro atoms. The summed E-state index contributed by atoms with van der Waals surface area (Å²) in [6.07, 6.45) is 4.79. The number of aromatic nitrogens is 2. The standard InChI is InChI=1S/C39H27N2P/c1-3-13-29(14-4-1)42(30-15-5-2-6-16-30)31-20-22-32-28(23-31)19-21-33-34-24-26-11-7-8-12-27(26)25-37(34)41-36-18-10-9-17-35(36)40-39(41)38(32)33/h1-25,33,38H. The number of fused-ring (bicyclic) bond motifs is 11. The van der Waals surface area contributed by atoms with Gasteiger partial charge in [0.1, 0.15) is 5.82 Å². The number of hydrogen-bond donors (Lipinski definition) is 0. The van der Waals surface area contributed by atoms with E-state index in [2.05, 4.69) is 156 Å². The van der Waals surface area contributed by atoms with Gasteiger partial charge in [-0.2, -0.15) is 0 Å². The topological polar surface area (TPSA) is 17.8 Å². The molecule has 2 heterocycles. The van der Waals surface area contributed by atoms with Crippen molar-refractivity contribution in [1.82, 2.24) is 9.55 Å². The third kappa shape index (κ3) is 3.59. The summed E-state index contributed by atoms with van der Waals surface area (Å²) in [4.78, 5) is 5.30. The number of nitrogens with zero attached hydrogens (tertiary/aromatic N) is 2. The minimum atomic E-state index is -0.666. The molecule has 0 radical (unpaired) electrons. The largest absolute Gasteiger partial charge is 0.295 e. The molecule has 1 aromatic heterocycles. The fourth-order valence-corrected chi connectivity index (χ4v) is 9.36. The molecule has 0 amide bonds. The van der Waals surface area contributed by atoms with Crippen molar-refractivity contribution in [3.8, 4) is 5.69 Å². The smallest absolute Gasteiger partial charge is 0.123 e. The van der Waals surface area contributed by atoms with E-state index in [9.17, 15) is 0 Å². The Kier molecular flexibility index (Phi) is 5.33. The van der Waals surface area contributed by atoms with E-state index in [0.717, 1.165) is 11.3 Å². The van der Waals surface area contributed by atoms with Gasteiger partial charge in [0.05, 0.1) is 22.6 Å². The zero-order valence-electron chi connectivity index (χ0n) is 22.9. The summed E-state index contributed by atoms with van der Waals surface area (Å²) < 4.78 is 2.43. The van der Waals surface area contributed by atoms with Gasteiger partial charge in [-0.25, -0.2) is 4.98 Å². The van der Waals surface area contributed by atoms with Gasteiger partial charge in [0.2, 0.25) is 0 Å². The van der Waals surface area contributed by atoms with E-state index in [1.165, 1.54) is 54.6 Å². The van der Waals surface area contributed by atoms with E-state index in [4.69, 9.17) is 4.98 Å². The Morgan fingerprint density at radius 1 is 0.571 bits per heavy atom. The summed E-state index contributed by atoms with van der Waals surface area (Å²) in [6, 6.07) is 51.2. The van der Waals surface area contributed by atoms with Crippen LogP contribution in [-0.2, 0) is 0 Å². The minimum absolute atomic E-state index is 0.153. The Hall–Kier alpha value is -4.78. The average molecular weight is 555 g/mol. The molecule has 2 unspecified atom stereocenters. The van der Waals surface area contributed by atoms with Crippen LogP contribution < -0.4 is 15.9 Å². The molecule has 0 fully saturated rings. The van der Waals surface area contributed by atoms with Crippen molar-refractivity contribution in [3.63, 3.8) is 0 Å². The summed E-state index contributed by atoms with van der Waals surface area (Å²) in [6.45, 7) is 0. The molecule has 0 bridgehead atoms. The third-order valence-corrected chi connectivity index (χ3v) is 11.3. The molecule has 0 N–H and O–H groups in total. The second kappa shape index (κ2) is 9.38. The fourth-order valence-electron chi connectivity index (χ4n) is 7.04. The van der Waals surface area contributed by atoms with Gasteiger partial charge in [-0.15, -0.1) is 0 Å². The van der Waals surface area contributed by atoms with Crippen molar-refractivity contribution in [2.24, 2.45) is 0 Å². The van der Waals surface area contributed by atoms with Crippen molar-refractivity contribution in [2.45, 2.75) is 11.8 Å². The molecule has 0 saturated carbocycles. The predicted octanol–water partition coefficient (Wildman–Crippen LogP) is 8.19. The molecule has 0 saturated heterocycles. The third-order valence-electron chi connectivity index (χ3n) is 8.89. The molecular weight excluding hydrogens is 527 g/mol. The Bertz CT molecular complexity index is 2120. The van der Waals surface area contributed by atoms with Gasteiger partial charge in [0, 0.05) is 5.92 Å². The number of benzene rings is 6. The molecule has 1 aliphatic heterocycles. The Morgan fingerprint density at radius 3 is 2.00 bits per heavy atom. The number of allylic oxidation sites excluding steroid dienone is 1. The van der Waals surface area contributed by atoms with Gasteiger partial charge in [0.25, 0.3) is 0 Å². The van der Waals surface area contributed by atoms with Crippen molar-refractivity contribution in [1.29, 1.82) is 0 Å². The molecule has 3 heteroatoms. The highest BCUT2D eigenvalue weighted by molar-refractivity contribution is 7.79. The molecule has 1 aliphatic carbocycles. The van der Waals surface area contributed by atoms with Crippen LogP contribution in [0.2, 0.25) is 0 Å². The first-order chi connectivity index (χ1) is 20.8. The molecular formula is C39H27N2P. The van der Waals surface area contributed by atoms with E-state index in [-0.39, 0.29) is 11.8 Å². The molecule has 2 aliphatic rings. The van der Waals surface area contributed by atoms with E-state index < -0.39 is 7.92 Å². The van der Waals surface area contributed by atoms with Crippen LogP contribution in [-0.4, -0.2) is 9.55 Å². The quantitative estimate of drug-likeness (QED) is 0.201.